The number of rotatable bonds is 7. The first kappa shape index (κ1) is 20.9. The Hall–Kier alpha value is -2.82. The summed E-state index contributed by atoms with van der Waals surface area (Å²) in [6.45, 7) is 3.76. The number of hydrogen-bond acceptors (Lipinski definition) is 5. The fraction of sp³-hybridized carbons (Fsp3) is 0.417. The van der Waals surface area contributed by atoms with E-state index in [4.69, 9.17) is 9.47 Å². The largest absolute Gasteiger partial charge is 0.497 e. The van der Waals surface area contributed by atoms with Crippen LogP contribution in [0.5, 0.6) is 5.75 Å². The normalized spacial score (nSPS) is 20.2. The Labute approximate surface area is 172 Å². The molecular formula is C24H29NO4. The second-order valence-electron chi connectivity index (χ2n) is 8.11. The van der Waals surface area contributed by atoms with Crippen LogP contribution in [0.15, 0.2) is 54.6 Å². The number of ketones is 1. The van der Waals surface area contributed by atoms with E-state index < -0.39 is 5.41 Å². The smallest absolute Gasteiger partial charge is 0.311 e. The summed E-state index contributed by atoms with van der Waals surface area (Å²) >= 11 is 0. The lowest BCUT2D eigenvalue weighted by atomic mass is 9.70. The maximum Gasteiger partial charge on any atom is 0.311 e. The van der Waals surface area contributed by atoms with Crippen LogP contribution in [0.3, 0.4) is 0 Å². The molecule has 1 fully saturated rings. The van der Waals surface area contributed by atoms with Crippen LogP contribution in [0, 0.1) is 17.3 Å². The fourth-order valence-electron chi connectivity index (χ4n) is 4.42. The highest BCUT2D eigenvalue weighted by atomic mass is 16.5. The van der Waals surface area contributed by atoms with Gasteiger partial charge in [0.25, 0.3) is 0 Å². The van der Waals surface area contributed by atoms with Crippen molar-refractivity contribution in [2.75, 3.05) is 19.5 Å². The van der Waals surface area contributed by atoms with Gasteiger partial charge in [0.05, 0.1) is 25.7 Å². The van der Waals surface area contributed by atoms with Gasteiger partial charge in [-0.1, -0.05) is 30.3 Å². The van der Waals surface area contributed by atoms with Crippen molar-refractivity contribution in [1.29, 1.82) is 0 Å². The molecule has 29 heavy (non-hydrogen) atoms. The minimum atomic E-state index is -0.755. The lowest BCUT2D eigenvalue weighted by molar-refractivity contribution is -0.155. The molecule has 2 aromatic carbocycles. The van der Waals surface area contributed by atoms with E-state index in [-0.39, 0.29) is 29.6 Å². The third-order valence-electron chi connectivity index (χ3n) is 6.08. The Bertz CT molecular complexity index is 845. The van der Waals surface area contributed by atoms with Gasteiger partial charge in [0, 0.05) is 18.0 Å². The van der Waals surface area contributed by atoms with Crippen molar-refractivity contribution in [2.24, 2.45) is 17.3 Å². The van der Waals surface area contributed by atoms with Crippen molar-refractivity contribution >= 4 is 17.4 Å². The maximum atomic E-state index is 13.1. The summed E-state index contributed by atoms with van der Waals surface area (Å²) in [6.07, 6.45) is 1.15. The highest BCUT2D eigenvalue weighted by molar-refractivity contribution is 5.87. The first-order valence-corrected chi connectivity index (χ1v) is 9.95. The maximum absolute atomic E-state index is 13.1. The molecule has 0 radical (unpaired) electrons. The van der Waals surface area contributed by atoms with Crippen molar-refractivity contribution < 1.29 is 19.1 Å². The molecule has 154 valence electrons. The van der Waals surface area contributed by atoms with Crippen molar-refractivity contribution in [3.05, 3.63) is 60.2 Å². The number of Topliss-reactive ketones (excluding diaryl/α,β-unsaturated/α-hetero) is 1. The van der Waals surface area contributed by atoms with Crippen LogP contribution >= 0.6 is 0 Å². The van der Waals surface area contributed by atoms with Gasteiger partial charge in [0.15, 0.2) is 0 Å². The van der Waals surface area contributed by atoms with E-state index in [0.29, 0.717) is 12.8 Å². The summed E-state index contributed by atoms with van der Waals surface area (Å²) in [5.41, 5.74) is 1.16. The summed E-state index contributed by atoms with van der Waals surface area (Å²) in [6, 6.07) is 17.3. The highest BCUT2D eigenvalue weighted by Gasteiger charge is 2.51. The van der Waals surface area contributed by atoms with Crippen molar-refractivity contribution in [3.8, 4) is 5.75 Å². The number of anilines is 1. The van der Waals surface area contributed by atoms with E-state index in [0.717, 1.165) is 17.0 Å². The molecule has 0 bridgehead atoms. The van der Waals surface area contributed by atoms with Gasteiger partial charge >= 0.3 is 5.97 Å². The van der Waals surface area contributed by atoms with E-state index in [2.05, 4.69) is 5.32 Å². The van der Waals surface area contributed by atoms with Gasteiger partial charge in [-0.25, -0.2) is 0 Å². The molecule has 0 unspecified atom stereocenters. The number of carbonyl (C=O) groups excluding carboxylic acids is 2. The summed E-state index contributed by atoms with van der Waals surface area (Å²) in [5.74, 6) is 0.200. The molecule has 0 spiro atoms. The fourth-order valence-corrected chi connectivity index (χ4v) is 4.42. The molecule has 0 saturated heterocycles. The summed E-state index contributed by atoms with van der Waals surface area (Å²) in [7, 11) is 3.03. The number of benzene rings is 2. The molecule has 1 aliphatic rings. The molecule has 0 amide bonds. The van der Waals surface area contributed by atoms with Gasteiger partial charge < -0.3 is 14.8 Å². The zero-order valence-electron chi connectivity index (χ0n) is 17.5. The van der Waals surface area contributed by atoms with Gasteiger partial charge in [-0.15, -0.1) is 0 Å². The Morgan fingerprint density at radius 1 is 1.07 bits per heavy atom. The lowest BCUT2D eigenvalue weighted by Crippen LogP contribution is -2.40. The average Bonchev–Trinajstić information content (AvgIpc) is 3.14. The summed E-state index contributed by atoms with van der Waals surface area (Å²) in [4.78, 5) is 25.6. The number of para-hydroxylation sites is 1. The number of hydrogen-bond donors (Lipinski definition) is 1. The molecular weight excluding hydrogens is 366 g/mol. The molecule has 2 aromatic rings. The standard InChI is InChI=1S/C24H29NO4/c1-24(2,23(27)29-4)19-14-15-20(26)21(19)22(25-17-8-6-5-7-9-17)16-10-12-18(28-3)13-11-16/h5-13,19,21-22,25H,14-15H2,1-4H3/t19-,21+,22-/m0/s1. The van der Waals surface area contributed by atoms with E-state index in [9.17, 15) is 9.59 Å². The summed E-state index contributed by atoms with van der Waals surface area (Å²) < 4.78 is 10.3. The molecule has 0 aliphatic heterocycles. The van der Waals surface area contributed by atoms with Crippen molar-refractivity contribution in [1.82, 2.24) is 0 Å². The highest BCUT2D eigenvalue weighted by Crippen LogP contribution is 2.48. The van der Waals surface area contributed by atoms with Crippen LogP contribution in [0.2, 0.25) is 0 Å². The number of carbonyl (C=O) groups is 2. The lowest BCUT2D eigenvalue weighted by Gasteiger charge is -2.37. The number of methoxy groups -OCH3 is 2. The summed E-state index contributed by atoms with van der Waals surface area (Å²) in [5, 5.41) is 3.55. The quantitative estimate of drug-likeness (QED) is 0.692. The minimum Gasteiger partial charge on any atom is -0.497 e. The topological polar surface area (TPSA) is 64.6 Å². The minimum absolute atomic E-state index is 0.120. The molecule has 1 aliphatic carbocycles. The molecule has 1 saturated carbocycles. The Balaban J connectivity index is 2.02. The van der Waals surface area contributed by atoms with Gasteiger partial charge in [-0.3, -0.25) is 9.59 Å². The van der Waals surface area contributed by atoms with E-state index in [1.165, 1.54) is 7.11 Å². The van der Waals surface area contributed by atoms with Crippen LogP contribution in [-0.2, 0) is 14.3 Å². The third kappa shape index (κ3) is 4.29. The van der Waals surface area contributed by atoms with Gasteiger partial charge in [-0.05, 0) is 56.0 Å². The second kappa shape index (κ2) is 8.68. The number of ether oxygens (including phenoxy) is 2. The average molecular weight is 395 g/mol. The third-order valence-corrected chi connectivity index (χ3v) is 6.08. The zero-order chi connectivity index (χ0) is 21.0. The van der Waals surface area contributed by atoms with Crippen molar-refractivity contribution in [3.63, 3.8) is 0 Å². The van der Waals surface area contributed by atoms with E-state index in [1.54, 1.807) is 7.11 Å². The van der Waals surface area contributed by atoms with Crippen molar-refractivity contribution in [2.45, 2.75) is 32.7 Å². The van der Waals surface area contributed by atoms with Gasteiger partial charge in [0.1, 0.15) is 11.5 Å². The second-order valence-corrected chi connectivity index (χ2v) is 8.11. The molecule has 0 aromatic heterocycles. The van der Waals surface area contributed by atoms with E-state index in [1.807, 2.05) is 68.4 Å². The predicted octanol–water partition coefficient (Wildman–Crippen LogP) is 4.64. The van der Waals surface area contributed by atoms with Gasteiger partial charge in [-0.2, -0.15) is 0 Å². The monoisotopic (exact) mass is 395 g/mol. The van der Waals surface area contributed by atoms with Crippen LogP contribution in [0.25, 0.3) is 0 Å². The van der Waals surface area contributed by atoms with Crippen LogP contribution in [-0.4, -0.2) is 26.0 Å². The number of esters is 1. The van der Waals surface area contributed by atoms with Crippen LogP contribution in [0.4, 0.5) is 5.69 Å². The van der Waals surface area contributed by atoms with Crippen LogP contribution < -0.4 is 10.1 Å². The molecule has 5 heteroatoms. The predicted molar refractivity (Wildman–Crippen MR) is 113 cm³/mol. The Kier molecular flexibility index (Phi) is 6.26. The molecule has 0 heterocycles. The molecule has 1 N–H and O–H groups in total. The van der Waals surface area contributed by atoms with Gasteiger partial charge in [0.2, 0.25) is 0 Å². The molecule has 3 rings (SSSR count). The Morgan fingerprint density at radius 3 is 2.31 bits per heavy atom. The molecule has 3 atom stereocenters. The van der Waals surface area contributed by atoms with E-state index >= 15 is 0 Å². The number of nitrogens with one attached hydrogen (secondary N) is 1. The zero-order valence-corrected chi connectivity index (χ0v) is 17.5. The molecule has 5 nitrogen and oxygen atoms in total. The van der Waals surface area contributed by atoms with Crippen LogP contribution in [0.1, 0.15) is 38.3 Å². The Morgan fingerprint density at radius 2 is 1.72 bits per heavy atom. The first-order valence-electron chi connectivity index (χ1n) is 9.95. The SMILES string of the molecule is COC(=O)C(C)(C)[C@H]1CCC(=O)[C@@H]1[C@@H](Nc1ccccc1)c1ccc(OC)cc1. The first-order chi connectivity index (χ1) is 13.9.